The third-order valence-electron chi connectivity index (χ3n) is 1.85. The lowest BCUT2D eigenvalue weighted by atomic mass is 10.3. The van der Waals surface area contributed by atoms with Crippen LogP contribution in [0.25, 0.3) is 5.52 Å². The lowest BCUT2D eigenvalue weighted by molar-refractivity contribution is 1.07. The average Bonchev–Trinajstić information content (AvgIpc) is 2.41. The number of hydrogen-bond donors (Lipinski definition) is 0. The summed E-state index contributed by atoms with van der Waals surface area (Å²) in [5.74, 6) is 0. The van der Waals surface area contributed by atoms with E-state index >= 15 is 0 Å². The van der Waals surface area contributed by atoms with E-state index in [9.17, 15) is 0 Å². The van der Waals surface area contributed by atoms with Crippen molar-refractivity contribution in [2.45, 2.75) is 6.92 Å². The predicted molar refractivity (Wildman–Crippen MR) is 52.6 cm³/mol. The Morgan fingerprint density at radius 2 is 2.25 bits per heavy atom. The van der Waals surface area contributed by atoms with Crippen LogP contribution in [0.4, 0.5) is 0 Å². The summed E-state index contributed by atoms with van der Waals surface area (Å²) in [5, 5.41) is 0.757. The van der Waals surface area contributed by atoms with E-state index in [0.29, 0.717) is 0 Å². The quantitative estimate of drug-likeness (QED) is 0.697. The van der Waals surface area contributed by atoms with Gasteiger partial charge in [-0.25, -0.2) is 4.98 Å². The summed E-state index contributed by atoms with van der Waals surface area (Å²) in [6.07, 6.45) is 1.75. The van der Waals surface area contributed by atoms with Crippen molar-refractivity contribution in [2.75, 3.05) is 0 Å². The SMILES string of the molecule is Cc1c(Cl)ccc2c(Br)ncn12. The second-order valence-corrected chi connectivity index (χ2v) is 3.72. The lowest BCUT2D eigenvalue weighted by Crippen LogP contribution is -1.88. The van der Waals surface area contributed by atoms with Gasteiger partial charge in [-0.15, -0.1) is 0 Å². The Labute approximate surface area is 83.3 Å². The number of rotatable bonds is 0. The van der Waals surface area contributed by atoms with Crippen molar-refractivity contribution >= 4 is 33.0 Å². The van der Waals surface area contributed by atoms with Gasteiger partial charge in [0.25, 0.3) is 0 Å². The van der Waals surface area contributed by atoms with E-state index in [1.165, 1.54) is 0 Å². The number of hydrogen-bond acceptors (Lipinski definition) is 1. The Morgan fingerprint density at radius 1 is 1.50 bits per heavy atom. The Hall–Kier alpha value is -0.540. The zero-order valence-corrected chi connectivity index (χ0v) is 8.72. The molecule has 4 heteroatoms. The highest BCUT2D eigenvalue weighted by Crippen LogP contribution is 2.22. The van der Waals surface area contributed by atoms with Crippen LogP contribution in [0.1, 0.15) is 5.69 Å². The minimum atomic E-state index is 0.757. The van der Waals surface area contributed by atoms with Crippen molar-refractivity contribution in [3.8, 4) is 0 Å². The fraction of sp³-hybridized carbons (Fsp3) is 0.125. The summed E-state index contributed by atoms with van der Waals surface area (Å²) >= 11 is 9.28. The highest BCUT2D eigenvalue weighted by Gasteiger charge is 2.04. The molecule has 0 aliphatic heterocycles. The molecule has 0 amide bonds. The van der Waals surface area contributed by atoms with Crippen molar-refractivity contribution < 1.29 is 0 Å². The third kappa shape index (κ3) is 1.04. The van der Waals surface area contributed by atoms with Gasteiger partial charge in [0, 0.05) is 5.69 Å². The highest BCUT2D eigenvalue weighted by molar-refractivity contribution is 9.10. The van der Waals surface area contributed by atoms with E-state index in [1.807, 2.05) is 23.5 Å². The fourth-order valence-corrected chi connectivity index (χ4v) is 1.71. The van der Waals surface area contributed by atoms with E-state index in [4.69, 9.17) is 11.6 Å². The molecule has 0 aliphatic carbocycles. The zero-order chi connectivity index (χ0) is 8.72. The van der Waals surface area contributed by atoms with Gasteiger partial charge in [0.15, 0.2) is 0 Å². The van der Waals surface area contributed by atoms with Crippen molar-refractivity contribution in [2.24, 2.45) is 0 Å². The van der Waals surface area contributed by atoms with Crippen molar-refractivity contribution in [1.82, 2.24) is 9.38 Å². The molecule has 2 aromatic rings. The molecule has 62 valence electrons. The molecule has 0 radical (unpaired) electrons. The fourth-order valence-electron chi connectivity index (χ4n) is 1.14. The van der Waals surface area contributed by atoms with Gasteiger partial charge in [-0.3, -0.25) is 0 Å². The van der Waals surface area contributed by atoms with Crippen molar-refractivity contribution in [3.63, 3.8) is 0 Å². The Kier molecular flexibility index (Phi) is 1.85. The molecule has 0 unspecified atom stereocenters. The number of aromatic nitrogens is 2. The van der Waals surface area contributed by atoms with Crippen LogP contribution in [-0.2, 0) is 0 Å². The molecule has 0 aliphatic rings. The van der Waals surface area contributed by atoms with Gasteiger partial charge in [0.05, 0.1) is 10.5 Å². The Bertz CT molecular complexity index is 436. The van der Waals surface area contributed by atoms with E-state index in [-0.39, 0.29) is 0 Å². The summed E-state index contributed by atoms with van der Waals surface area (Å²) in [6.45, 7) is 1.96. The van der Waals surface area contributed by atoms with E-state index in [2.05, 4.69) is 20.9 Å². The van der Waals surface area contributed by atoms with Gasteiger partial charge in [0.1, 0.15) is 10.9 Å². The van der Waals surface area contributed by atoms with Gasteiger partial charge in [-0.2, -0.15) is 0 Å². The molecule has 0 saturated carbocycles. The van der Waals surface area contributed by atoms with Crippen molar-refractivity contribution in [1.29, 1.82) is 0 Å². The second-order valence-electron chi connectivity index (χ2n) is 2.56. The molecular weight excluding hydrogens is 239 g/mol. The first kappa shape index (κ1) is 8.08. The molecular formula is C8H6BrClN2. The van der Waals surface area contributed by atoms with Crippen LogP contribution >= 0.6 is 27.5 Å². The highest BCUT2D eigenvalue weighted by atomic mass is 79.9. The number of halogens is 2. The molecule has 0 fully saturated rings. The van der Waals surface area contributed by atoms with Crippen LogP contribution in [0.2, 0.25) is 5.02 Å². The van der Waals surface area contributed by atoms with Crippen LogP contribution in [-0.4, -0.2) is 9.38 Å². The molecule has 2 rings (SSSR count). The average molecular weight is 246 g/mol. The summed E-state index contributed by atoms with van der Waals surface area (Å²) in [6, 6.07) is 3.81. The number of aryl methyl sites for hydroxylation is 1. The number of imidazole rings is 1. The van der Waals surface area contributed by atoms with Crippen molar-refractivity contribution in [3.05, 3.63) is 33.8 Å². The number of pyridine rings is 1. The first-order chi connectivity index (χ1) is 5.70. The normalized spacial score (nSPS) is 10.9. The van der Waals surface area contributed by atoms with Gasteiger partial charge >= 0.3 is 0 Å². The number of nitrogens with zero attached hydrogens (tertiary/aromatic N) is 2. The van der Waals surface area contributed by atoms with Gasteiger partial charge in [0.2, 0.25) is 0 Å². The predicted octanol–water partition coefficient (Wildman–Crippen LogP) is 3.06. The molecule has 0 bridgehead atoms. The van der Waals surface area contributed by atoms with Gasteiger partial charge in [-0.1, -0.05) is 11.6 Å². The molecule has 2 nitrogen and oxygen atoms in total. The minimum absolute atomic E-state index is 0.757. The maximum absolute atomic E-state index is 5.93. The van der Waals surface area contributed by atoms with Crippen LogP contribution in [0, 0.1) is 6.92 Å². The molecule has 12 heavy (non-hydrogen) atoms. The summed E-state index contributed by atoms with van der Waals surface area (Å²) < 4.78 is 2.80. The minimum Gasteiger partial charge on any atom is -0.301 e. The van der Waals surface area contributed by atoms with Gasteiger partial charge < -0.3 is 4.40 Å². The molecule has 0 saturated heterocycles. The van der Waals surface area contributed by atoms with Crippen LogP contribution in [0.3, 0.4) is 0 Å². The van der Waals surface area contributed by atoms with Crippen LogP contribution in [0.5, 0.6) is 0 Å². The Morgan fingerprint density at radius 3 is 3.00 bits per heavy atom. The van der Waals surface area contributed by atoms with E-state index in [1.54, 1.807) is 6.33 Å². The lowest BCUT2D eigenvalue weighted by Gasteiger charge is -2.00. The number of fused-ring (bicyclic) bond motifs is 1. The third-order valence-corrected chi connectivity index (χ3v) is 2.86. The molecule has 0 atom stereocenters. The largest absolute Gasteiger partial charge is 0.301 e. The van der Waals surface area contributed by atoms with E-state index in [0.717, 1.165) is 20.8 Å². The summed E-state index contributed by atoms with van der Waals surface area (Å²) in [7, 11) is 0. The van der Waals surface area contributed by atoms with E-state index < -0.39 is 0 Å². The summed E-state index contributed by atoms with van der Waals surface area (Å²) in [4.78, 5) is 4.12. The maximum Gasteiger partial charge on any atom is 0.131 e. The zero-order valence-electron chi connectivity index (χ0n) is 6.38. The van der Waals surface area contributed by atoms with Gasteiger partial charge in [-0.05, 0) is 35.0 Å². The second kappa shape index (κ2) is 2.75. The molecule has 0 N–H and O–H groups in total. The van der Waals surface area contributed by atoms with Crippen LogP contribution < -0.4 is 0 Å². The monoisotopic (exact) mass is 244 g/mol. The standard InChI is InChI=1S/C8H6BrClN2/c1-5-6(10)2-3-7-8(9)11-4-12(5)7/h2-4H,1H3. The maximum atomic E-state index is 5.93. The molecule has 0 aromatic carbocycles. The first-order valence-corrected chi connectivity index (χ1v) is 4.65. The molecule has 0 spiro atoms. The van der Waals surface area contributed by atoms with Crippen LogP contribution in [0.15, 0.2) is 23.1 Å². The smallest absolute Gasteiger partial charge is 0.131 e. The molecule has 2 heterocycles. The first-order valence-electron chi connectivity index (χ1n) is 3.48. The summed E-state index contributed by atoms with van der Waals surface area (Å²) in [5.41, 5.74) is 2.05. The molecule has 2 aromatic heterocycles. The topological polar surface area (TPSA) is 17.3 Å². The Balaban J connectivity index is 2.93.